The summed E-state index contributed by atoms with van der Waals surface area (Å²) in [6, 6.07) is 6.65. The average molecular weight is 365 g/mol. The van der Waals surface area contributed by atoms with Crippen molar-refractivity contribution >= 4 is 21.8 Å². The van der Waals surface area contributed by atoms with E-state index in [0.29, 0.717) is 24.2 Å². The van der Waals surface area contributed by atoms with Gasteiger partial charge in [-0.05, 0) is 32.4 Å². The molecular weight excluding hydrogens is 342 g/mol. The molecule has 1 aromatic carbocycles. The number of imide groups is 1. The lowest BCUT2D eigenvalue weighted by Crippen LogP contribution is -2.57. The molecule has 0 bridgehead atoms. The van der Waals surface area contributed by atoms with E-state index in [1.54, 1.807) is 24.3 Å². The van der Waals surface area contributed by atoms with Gasteiger partial charge in [0.1, 0.15) is 0 Å². The first-order valence-corrected chi connectivity index (χ1v) is 10.1. The van der Waals surface area contributed by atoms with E-state index in [4.69, 9.17) is 0 Å². The molecule has 2 aliphatic rings. The number of hydrogen-bond acceptors (Lipinski definition) is 5. The summed E-state index contributed by atoms with van der Waals surface area (Å²) in [5, 5.41) is 3.25. The number of rotatable bonds is 5. The number of hydrogen-bond donors (Lipinski definition) is 1. The quantitative estimate of drug-likeness (QED) is 0.776. The van der Waals surface area contributed by atoms with Crippen LogP contribution in [-0.4, -0.2) is 66.9 Å². The van der Waals surface area contributed by atoms with Gasteiger partial charge in [-0.25, -0.2) is 8.42 Å². The van der Waals surface area contributed by atoms with Crippen molar-refractivity contribution in [2.45, 2.75) is 32.4 Å². The Morgan fingerprint density at radius 2 is 1.72 bits per heavy atom. The van der Waals surface area contributed by atoms with E-state index in [2.05, 4.69) is 5.32 Å². The molecule has 2 unspecified atom stereocenters. The normalized spacial score (nSPS) is 24.6. The Morgan fingerprint density at radius 3 is 2.32 bits per heavy atom. The summed E-state index contributed by atoms with van der Waals surface area (Å²) in [5.74, 6) is -0.762. The van der Waals surface area contributed by atoms with Crippen LogP contribution in [0.25, 0.3) is 0 Å². The highest BCUT2D eigenvalue weighted by atomic mass is 32.2. The fourth-order valence-electron chi connectivity index (χ4n) is 3.38. The molecule has 0 radical (unpaired) electrons. The van der Waals surface area contributed by atoms with E-state index < -0.39 is 10.0 Å². The van der Waals surface area contributed by atoms with Crippen molar-refractivity contribution in [3.63, 3.8) is 0 Å². The monoisotopic (exact) mass is 365 g/mol. The molecule has 8 heteroatoms. The van der Waals surface area contributed by atoms with Crippen LogP contribution in [0.5, 0.6) is 0 Å². The molecule has 0 spiro atoms. The van der Waals surface area contributed by atoms with Crippen molar-refractivity contribution in [1.82, 2.24) is 14.5 Å². The van der Waals surface area contributed by atoms with Crippen LogP contribution in [0.2, 0.25) is 0 Å². The molecule has 2 atom stereocenters. The van der Waals surface area contributed by atoms with Crippen LogP contribution in [0, 0.1) is 0 Å². The molecule has 2 heterocycles. The summed E-state index contributed by atoms with van der Waals surface area (Å²) < 4.78 is 26.7. The molecule has 2 amide bonds. The molecule has 1 fully saturated rings. The smallest absolute Gasteiger partial charge is 0.261 e. The highest BCUT2D eigenvalue weighted by molar-refractivity contribution is 7.89. The van der Waals surface area contributed by atoms with Crippen molar-refractivity contribution in [2.24, 2.45) is 0 Å². The molecule has 3 rings (SSSR count). The zero-order valence-electron chi connectivity index (χ0n) is 14.4. The molecule has 1 aromatic rings. The van der Waals surface area contributed by atoms with Gasteiger partial charge in [0.2, 0.25) is 10.0 Å². The lowest BCUT2D eigenvalue weighted by Gasteiger charge is -2.37. The maximum absolute atomic E-state index is 12.6. The fraction of sp³-hybridized carbons (Fsp3) is 0.529. The Morgan fingerprint density at radius 1 is 1.12 bits per heavy atom. The predicted octanol–water partition coefficient (Wildman–Crippen LogP) is 0.685. The van der Waals surface area contributed by atoms with E-state index in [-0.39, 0.29) is 42.6 Å². The molecule has 7 nitrogen and oxygen atoms in total. The molecule has 1 N–H and O–H groups in total. The first-order chi connectivity index (χ1) is 11.8. The third-order valence-corrected chi connectivity index (χ3v) is 7.03. The minimum absolute atomic E-state index is 0.0720. The van der Waals surface area contributed by atoms with Gasteiger partial charge in [-0.1, -0.05) is 12.1 Å². The fourth-order valence-corrected chi connectivity index (χ4v) is 5.17. The van der Waals surface area contributed by atoms with Gasteiger partial charge in [0.05, 0.1) is 16.9 Å². The Kier molecular flexibility index (Phi) is 4.95. The molecule has 0 aromatic heterocycles. The van der Waals surface area contributed by atoms with Crippen LogP contribution >= 0.6 is 0 Å². The highest BCUT2D eigenvalue weighted by Crippen LogP contribution is 2.23. The molecule has 0 aliphatic carbocycles. The van der Waals surface area contributed by atoms with Gasteiger partial charge in [0.15, 0.2) is 0 Å². The second kappa shape index (κ2) is 6.86. The van der Waals surface area contributed by atoms with Crippen molar-refractivity contribution < 1.29 is 18.0 Å². The number of amides is 2. The second-order valence-corrected chi connectivity index (χ2v) is 8.61. The van der Waals surface area contributed by atoms with Crippen LogP contribution in [0.4, 0.5) is 0 Å². The zero-order chi connectivity index (χ0) is 18.2. The average Bonchev–Trinajstić information content (AvgIpc) is 2.82. The van der Waals surface area contributed by atoms with Gasteiger partial charge in [0.25, 0.3) is 11.8 Å². The number of benzene rings is 1. The first kappa shape index (κ1) is 18.0. The summed E-state index contributed by atoms with van der Waals surface area (Å²) in [6.07, 6.45) is 0.235. The number of fused-ring (bicyclic) bond motifs is 1. The standard InChI is InChI=1S/C17H23N3O4S/c1-12-13(2)20(10-8-18-12)25(23,24)11-5-9-19-16(21)14-6-3-4-7-15(14)17(19)22/h3-4,6-7,12-13,18H,5,8-11H2,1-2H3. The zero-order valence-corrected chi connectivity index (χ0v) is 15.3. The largest absolute Gasteiger partial charge is 0.311 e. The Balaban J connectivity index is 1.62. The highest BCUT2D eigenvalue weighted by Gasteiger charge is 2.36. The lowest BCUT2D eigenvalue weighted by atomic mass is 10.1. The number of nitrogens with one attached hydrogen (secondary N) is 1. The van der Waals surface area contributed by atoms with Crippen LogP contribution < -0.4 is 5.32 Å². The molecule has 2 aliphatic heterocycles. The Hall–Kier alpha value is -1.77. The molecule has 136 valence electrons. The minimum atomic E-state index is -3.42. The molecular formula is C17H23N3O4S. The lowest BCUT2D eigenvalue weighted by molar-refractivity contribution is 0.0654. The first-order valence-electron chi connectivity index (χ1n) is 8.51. The van der Waals surface area contributed by atoms with Crippen LogP contribution in [0.3, 0.4) is 0 Å². The maximum atomic E-state index is 12.6. The van der Waals surface area contributed by atoms with Crippen molar-refractivity contribution in [1.29, 1.82) is 0 Å². The topological polar surface area (TPSA) is 86.8 Å². The number of nitrogens with zero attached hydrogens (tertiary/aromatic N) is 2. The van der Waals surface area contributed by atoms with Gasteiger partial charge < -0.3 is 5.32 Å². The molecule has 0 saturated carbocycles. The summed E-state index contributed by atoms with van der Waals surface area (Å²) in [4.78, 5) is 25.7. The molecule has 25 heavy (non-hydrogen) atoms. The molecule has 1 saturated heterocycles. The number of sulfonamides is 1. The number of carbonyl (C=O) groups excluding carboxylic acids is 2. The maximum Gasteiger partial charge on any atom is 0.261 e. The van der Waals surface area contributed by atoms with Crippen molar-refractivity contribution in [3.8, 4) is 0 Å². The number of piperazine rings is 1. The SMILES string of the molecule is CC1NCCN(S(=O)(=O)CCCN2C(=O)c3ccccc3C2=O)C1C. The third kappa shape index (κ3) is 3.33. The minimum Gasteiger partial charge on any atom is -0.311 e. The van der Waals surface area contributed by atoms with Crippen LogP contribution in [-0.2, 0) is 10.0 Å². The van der Waals surface area contributed by atoms with Crippen LogP contribution in [0.15, 0.2) is 24.3 Å². The van der Waals surface area contributed by atoms with Gasteiger partial charge in [-0.2, -0.15) is 4.31 Å². The van der Waals surface area contributed by atoms with Crippen molar-refractivity contribution in [3.05, 3.63) is 35.4 Å². The van der Waals surface area contributed by atoms with Crippen molar-refractivity contribution in [2.75, 3.05) is 25.4 Å². The van der Waals surface area contributed by atoms with E-state index in [0.717, 1.165) is 4.90 Å². The van der Waals surface area contributed by atoms with Gasteiger partial charge in [-0.15, -0.1) is 0 Å². The van der Waals surface area contributed by atoms with E-state index >= 15 is 0 Å². The van der Waals surface area contributed by atoms with Crippen LogP contribution in [0.1, 0.15) is 41.0 Å². The van der Waals surface area contributed by atoms with Gasteiger partial charge >= 0.3 is 0 Å². The Labute approximate surface area is 148 Å². The number of carbonyl (C=O) groups is 2. The summed E-state index contributed by atoms with van der Waals surface area (Å²) >= 11 is 0. The predicted molar refractivity (Wildman–Crippen MR) is 93.8 cm³/mol. The van der Waals surface area contributed by atoms with E-state index in [1.165, 1.54) is 4.31 Å². The third-order valence-electron chi connectivity index (χ3n) is 5.00. The van der Waals surface area contributed by atoms with E-state index in [9.17, 15) is 18.0 Å². The van der Waals surface area contributed by atoms with Gasteiger partial charge in [0, 0.05) is 31.7 Å². The summed E-state index contributed by atoms with van der Waals surface area (Å²) in [6.45, 7) is 5.04. The second-order valence-electron chi connectivity index (χ2n) is 6.57. The van der Waals surface area contributed by atoms with E-state index in [1.807, 2.05) is 13.8 Å². The summed E-state index contributed by atoms with van der Waals surface area (Å²) in [7, 11) is -3.42. The Bertz CT molecular complexity index is 758. The summed E-state index contributed by atoms with van der Waals surface area (Å²) in [5.41, 5.74) is 0.778. The van der Waals surface area contributed by atoms with Gasteiger partial charge in [-0.3, -0.25) is 14.5 Å².